The van der Waals surface area contributed by atoms with Crippen molar-refractivity contribution in [2.75, 3.05) is 19.6 Å². The summed E-state index contributed by atoms with van der Waals surface area (Å²) in [6, 6.07) is 0.372. The van der Waals surface area contributed by atoms with Crippen LogP contribution in [-0.4, -0.2) is 30.6 Å². The maximum Gasteiger partial charge on any atom is 0.00104 e. The van der Waals surface area contributed by atoms with Gasteiger partial charge in [-0.3, -0.25) is 0 Å². The van der Waals surface area contributed by atoms with Gasteiger partial charge in [-0.2, -0.15) is 0 Å². The van der Waals surface area contributed by atoms with Gasteiger partial charge in [0.25, 0.3) is 0 Å². The van der Waals surface area contributed by atoms with E-state index in [-0.39, 0.29) is 0 Å². The lowest BCUT2D eigenvalue weighted by atomic mass is 9.89. The van der Waals surface area contributed by atoms with Crippen molar-refractivity contribution in [1.82, 2.24) is 4.90 Å². The molecule has 1 aliphatic heterocycles. The summed E-state index contributed by atoms with van der Waals surface area (Å²) in [6.07, 6.45) is 8.06. The predicted octanol–water partition coefficient (Wildman–Crippen LogP) is 3.90. The van der Waals surface area contributed by atoms with Gasteiger partial charge in [0.2, 0.25) is 0 Å². The second-order valence-corrected chi connectivity index (χ2v) is 7.25. The zero-order valence-corrected chi connectivity index (χ0v) is 13.7. The normalized spacial score (nSPS) is 25.3. The Morgan fingerprint density at radius 3 is 2.42 bits per heavy atom. The second kappa shape index (κ2) is 8.97. The van der Waals surface area contributed by atoms with E-state index in [1.54, 1.807) is 0 Å². The van der Waals surface area contributed by atoms with E-state index in [4.69, 9.17) is 5.73 Å². The van der Waals surface area contributed by atoms with Crippen LogP contribution in [0.2, 0.25) is 0 Å². The number of hydrogen-bond donors (Lipinski definition) is 1. The van der Waals surface area contributed by atoms with Crippen molar-refractivity contribution in [3.05, 3.63) is 0 Å². The average Bonchev–Trinajstić information content (AvgIpc) is 2.54. The summed E-state index contributed by atoms with van der Waals surface area (Å²) < 4.78 is 0. The number of rotatable bonds is 7. The first-order valence-corrected chi connectivity index (χ1v) is 8.47. The summed E-state index contributed by atoms with van der Waals surface area (Å²) in [5, 5.41) is 0. The Morgan fingerprint density at radius 2 is 1.79 bits per heavy atom. The molecule has 2 N–H and O–H groups in total. The van der Waals surface area contributed by atoms with Gasteiger partial charge in [0.15, 0.2) is 0 Å². The molecule has 1 heterocycles. The Kier molecular flexibility index (Phi) is 8.01. The van der Waals surface area contributed by atoms with Crippen molar-refractivity contribution < 1.29 is 0 Å². The minimum atomic E-state index is 0.372. The lowest BCUT2D eigenvalue weighted by molar-refractivity contribution is 0.231. The molecule has 0 amide bonds. The zero-order valence-electron chi connectivity index (χ0n) is 13.7. The van der Waals surface area contributed by atoms with Crippen LogP contribution in [0.3, 0.4) is 0 Å². The highest BCUT2D eigenvalue weighted by Crippen LogP contribution is 2.25. The largest absolute Gasteiger partial charge is 0.328 e. The second-order valence-electron chi connectivity index (χ2n) is 7.25. The van der Waals surface area contributed by atoms with Crippen molar-refractivity contribution in [2.45, 2.75) is 72.3 Å². The van der Waals surface area contributed by atoms with Crippen molar-refractivity contribution in [3.63, 3.8) is 0 Å². The third-order valence-corrected chi connectivity index (χ3v) is 4.73. The van der Waals surface area contributed by atoms with E-state index in [1.807, 2.05) is 0 Å². The van der Waals surface area contributed by atoms with Gasteiger partial charge in [-0.1, -0.05) is 27.2 Å². The van der Waals surface area contributed by atoms with E-state index >= 15 is 0 Å². The van der Waals surface area contributed by atoms with Crippen LogP contribution < -0.4 is 5.73 Å². The molecule has 114 valence electrons. The maximum atomic E-state index is 5.82. The van der Waals surface area contributed by atoms with Gasteiger partial charge in [0.05, 0.1) is 0 Å². The van der Waals surface area contributed by atoms with Crippen LogP contribution in [0.1, 0.15) is 66.2 Å². The molecule has 1 fully saturated rings. The Labute approximate surface area is 121 Å². The number of hydrogen-bond acceptors (Lipinski definition) is 2. The highest BCUT2D eigenvalue weighted by Gasteiger charge is 2.20. The van der Waals surface area contributed by atoms with Crippen molar-refractivity contribution in [3.8, 4) is 0 Å². The van der Waals surface area contributed by atoms with E-state index < -0.39 is 0 Å². The summed E-state index contributed by atoms with van der Waals surface area (Å²) in [5.74, 6) is 2.65. The lowest BCUT2D eigenvalue weighted by Crippen LogP contribution is -2.30. The van der Waals surface area contributed by atoms with Crippen LogP contribution in [0.4, 0.5) is 0 Å². The van der Waals surface area contributed by atoms with Gasteiger partial charge in [0.1, 0.15) is 0 Å². The molecule has 1 saturated heterocycles. The number of likely N-dealkylation sites (tertiary alicyclic amines) is 1. The molecule has 1 aliphatic rings. The number of nitrogens with zero attached hydrogens (tertiary/aromatic N) is 1. The Morgan fingerprint density at radius 1 is 1.05 bits per heavy atom. The maximum absolute atomic E-state index is 5.82. The topological polar surface area (TPSA) is 29.3 Å². The van der Waals surface area contributed by atoms with Crippen LogP contribution in [0, 0.1) is 17.8 Å². The fourth-order valence-corrected chi connectivity index (χ4v) is 3.35. The standard InChI is InChI=1S/C17H36N2/c1-14(2)17-9-6-11-19(12-10-17)13-15(3)7-5-8-16(4)18/h14-17H,5-13,18H2,1-4H3. The fourth-order valence-electron chi connectivity index (χ4n) is 3.35. The van der Waals surface area contributed by atoms with Gasteiger partial charge in [-0.05, 0) is 69.9 Å². The monoisotopic (exact) mass is 268 g/mol. The van der Waals surface area contributed by atoms with Gasteiger partial charge in [0, 0.05) is 12.6 Å². The first-order chi connectivity index (χ1) is 8.99. The van der Waals surface area contributed by atoms with E-state index in [0.717, 1.165) is 17.8 Å². The highest BCUT2D eigenvalue weighted by atomic mass is 15.1. The van der Waals surface area contributed by atoms with Crippen LogP contribution in [0.15, 0.2) is 0 Å². The van der Waals surface area contributed by atoms with Gasteiger partial charge in [-0.25, -0.2) is 0 Å². The van der Waals surface area contributed by atoms with Gasteiger partial charge in [-0.15, -0.1) is 0 Å². The minimum Gasteiger partial charge on any atom is -0.328 e. The third kappa shape index (κ3) is 7.31. The fraction of sp³-hybridized carbons (Fsp3) is 1.00. The SMILES string of the molecule is CC(N)CCCC(C)CN1CCCC(C(C)C)CC1. The molecule has 0 aliphatic carbocycles. The minimum absolute atomic E-state index is 0.372. The summed E-state index contributed by atoms with van der Waals surface area (Å²) in [6.45, 7) is 13.2. The molecule has 0 saturated carbocycles. The van der Waals surface area contributed by atoms with Gasteiger partial charge >= 0.3 is 0 Å². The Bertz CT molecular complexity index is 225. The molecule has 0 radical (unpaired) electrons. The molecular weight excluding hydrogens is 232 g/mol. The molecular formula is C17H36N2. The third-order valence-electron chi connectivity index (χ3n) is 4.73. The Balaban J connectivity index is 2.21. The summed E-state index contributed by atoms with van der Waals surface area (Å²) in [4.78, 5) is 2.71. The molecule has 2 heteroatoms. The van der Waals surface area contributed by atoms with Crippen LogP contribution in [0.5, 0.6) is 0 Å². The summed E-state index contributed by atoms with van der Waals surface area (Å²) >= 11 is 0. The average molecular weight is 268 g/mol. The van der Waals surface area contributed by atoms with Gasteiger partial charge < -0.3 is 10.6 Å². The van der Waals surface area contributed by atoms with Crippen molar-refractivity contribution in [2.24, 2.45) is 23.5 Å². The van der Waals surface area contributed by atoms with Crippen molar-refractivity contribution in [1.29, 1.82) is 0 Å². The molecule has 0 aromatic rings. The number of nitrogens with two attached hydrogens (primary N) is 1. The summed E-state index contributed by atoms with van der Waals surface area (Å²) in [7, 11) is 0. The van der Waals surface area contributed by atoms with E-state index in [1.165, 1.54) is 58.2 Å². The quantitative estimate of drug-likeness (QED) is 0.759. The smallest absolute Gasteiger partial charge is 0.00104 e. The molecule has 2 nitrogen and oxygen atoms in total. The molecule has 1 rings (SSSR count). The molecule has 3 unspecified atom stereocenters. The zero-order chi connectivity index (χ0) is 14.3. The van der Waals surface area contributed by atoms with Crippen LogP contribution >= 0.6 is 0 Å². The lowest BCUT2D eigenvalue weighted by Gasteiger charge is -2.24. The highest BCUT2D eigenvalue weighted by molar-refractivity contribution is 4.73. The molecule has 3 atom stereocenters. The van der Waals surface area contributed by atoms with Crippen LogP contribution in [-0.2, 0) is 0 Å². The Hall–Kier alpha value is -0.0800. The summed E-state index contributed by atoms with van der Waals surface area (Å²) in [5.41, 5.74) is 5.82. The van der Waals surface area contributed by atoms with E-state index in [9.17, 15) is 0 Å². The molecule has 19 heavy (non-hydrogen) atoms. The molecule has 0 aromatic carbocycles. The van der Waals surface area contributed by atoms with Crippen molar-refractivity contribution >= 4 is 0 Å². The molecule has 0 spiro atoms. The molecule has 0 aromatic heterocycles. The first kappa shape index (κ1) is 17.0. The predicted molar refractivity (Wildman–Crippen MR) is 85.3 cm³/mol. The van der Waals surface area contributed by atoms with E-state index in [0.29, 0.717) is 6.04 Å². The molecule has 0 bridgehead atoms. The van der Waals surface area contributed by atoms with Crippen LogP contribution in [0.25, 0.3) is 0 Å². The first-order valence-electron chi connectivity index (χ1n) is 8.47. The van der Waals surface area contributed by atoms with E-state index in [2.05, 4.69) is 32.6 Å².